The first kappa shape index (κ1) is 11.8. The van der Waals surface area contributed by atoms with Gasteiger partial charge in [-0.05, 0) is 31.2 Å². The predicted molar refractivity (Wildman–Crippen MR) is 64.7 cm³/mol. The van der Waals surface area contributed by atoms with Gasteiger partial charge >= 0.3 is 0 Å². The van der Waals surface area contributed by atoms with Crippen molar-refractivity contribution in [3.05, 3.63) is 34.9 Å². The Hall–Kier alpha value is -1.68. The number of carbonyl (C=O) groups excluding carboxylic acids is 2. The zero-order valence-corrected chi connectivity index (χ0v) is 10.3. The van der Waals surface area contributed by atoms with E-state index >= 15 is 0 Å². The van der Waals surface area contributed by atoms with Crippen LogP contribution in [0.2, 0.25) is 0 Å². The van der Waals surface area contributed by atoms with Crippen molar-refractivity contribution in [2.24, 2.45) is 0 Å². The topological polar surface area (TPSA) is 49.4 Å². The Morgan fingerprint density at radius 1 is 1.35 bits per heavy atom. The third-order valence-corrected chi connectivity index (χ3v) is 3.32. The van der Waals surface area contributed by atoms with Crippen molar-refractivity contribution in [2.75, 3.05) is 14.1 Å². The molecule has 1 N–H and O–H groups in total. The van der Waals surface area contributed by atoms with Gasteiger partial charge in [-0.1, -0.05) is 12.1 Å². The lowest BCUT2D eigenvalue weighted by Crippen LogP contribution is -2.39. The van der Waals surface area contributed by atoms with Crippen LogP contribution in [0.4, 0.5) is 0 Å². The summed E-state index contributed by atoms with van der Waals surface area (Å²) < 4.78 is 0. The molecule has 1 atom stereocenters. The van der Waals surface area contributed by atoms with Gasteiger partial charge in [0.25, 0.3) is 5.91 Å². The molecule has 1 aliphatic rings. The van der Waals surface area contributed by atoms with Crippen LogP contribution < -0.4 is 5.32 Å². The fourth-order valence-corrected chi connectivity index (χ4v) is 1.96. The van der Waals surface area contributed by atoms with Gasteiger partial charge in [0.1, 0.15) is 0 Å². The molecule has 17 heavy (non-hydrogen) atoms. The summed E-state index contributed by atoms with van der Waals surface area (Å²) in [5.74, 6) is -0.349. The van der Waals surface area contributed by atoms with E-state index in [1.54, 1.807) is 0 Å². The molecule has 2 rings (SSSR count). The van der Waals surface area contributed by atoms with E-state index in [0.717, 1.165) is 11.1 Å². The SMILES string of the molecule is CNC(C)c1ccc2c(c1)C(=O)N(C)C(=O)C2. The number of benzene rings is 1. The van der Waals surface area contributed by atoms with Crippen molar-refractivity contribution in [1.82, 2.24) is 10.2 Å². The zero-order chi connectivity index (χ0) is 12.6. The summed E-state index contributed by atoms with van der Waals surface area (Å²) >= 11 is 0. The molecule has 0 radical (unpaired) electrons. The lowest BCUT2D eigenvalue weighted by molar-refractivity contribution is -0.127. The van der Waals surface area contributed by atoms with Crippen LogP contribution in [-0.4, -0.2) is 30.8 Å². The molecular weight excluding hydrogens is 216 g/mol. The first-order chi connectivity index (χ1) is 8.04. The molecule has 1 heterocycles. The van der Waals surface area contributed by atoms with Gasteiger partial charge in [0.2, 0.25) is 5.91 Å². The van der Waals surface area contributed by atoms with Crippen LogP contribution in [0.3, 0.4) is 0 Å². The van der Waals surface area contributed by atoms with Gasteiger partial charge < -0.3 is 5.32 Å². The Morgan fingerprint density at radius 3 is 2.71 bits per heavy atom. The molecule has 0 spiro atoms. The summed E-state index contributed by atoms with van der Waals surface area (Å²) in [6.45, 7) is 2.03. The molecule has 90 valence electrons. The van der Waals surface area contributed by atoms with Crippen LogP contribution in [-0.2, 0) is 11.2 Å². The number of nitrogens with zero attached hydrogens (tertiary/aromatic N) is 1. The largest absolute Gasteiger partial charge is 0.313 e. The Labute approximate surface area is 101 Å². The Balaban J connectivity index is 2.45. The van der Waals surface area contributed by atoms with Crippen molar-refractivity contribution in [3.8, 4) is 0 Å². The monoisotopic (exact) mass is 232 g/mol. The van der Waals surface area contributed by atoms with Gasteiger partial charge in [-0.15, -0.1) is 0 Å². The summed E-state index contributed by atoms with van der Waals surface area (Å²) in [7, 11) is 3.41. The highest BCUT2D eigenvalue weighted by Gasteiger charge is 2.28. The van der Waals surface area contributed by atoms with E-state index in [1.165, 1.54) is 11.9 Å². The third kappa shape index (κ3) is 1.96. The first-order valence-corrected chi connectivity index (χ1v) is 5.65. The average molecular weight is 232 g/mol. The van der Waals surface area contributed by atoms with Crippen LogP contribution in [0.1, 0.15) is 34.5 Å². The van der Waals surface area contributed by atoms with E-state index in [0.29, 0.717) is 12.0 Å². The van der Waals surface area contributed by atoms with Gasteiger partial charge in [-0.3, -0.25) is 14.5 Å². The summed E-state index contributed by atoms with van der Waals surface area (Å²) in [5.41, 5.74) is 2.53. The van der Waals surface area contributed by atoms with Gasteiger partial charge in [0.05, 0.1) is 6.42 Å². The second-order valence-electron chi connectivity index (χ2n) is 4.36. The summed E-state index contributed by atoms with van der Waals surface area (Å²) in [6, 6.07) is 5.91. The van der Waals surface area contributed by atoms with E-state index in [-0.39, 0.29) is 17.9 Å². The fraction of sp³-hybridized carbons (Fsp3) is 0.385. The molecule has 0 saturated heterocycles. The van der Waals surface area contributed by atoms with Crippen LogP contribution >= 0.6 is 0 Å². The first-order valence-electron chi connectivity index (χ1n) is 5.65. The normalized spacial score (nSPS) is 17.0. The standard InChI is InChI=1S/C13H16N2O2/c1-8(14-2)9-4-5-10-7-12(16)15(3)13(17)11(10)6-9/h4-6,8,14H,7H2,1-3H3. The molecule has 1 unspecified atom stereocenters. The summed E-state index contributed by atoms with van der Waals surface area (Å²) in [4.78, 5) is 24.7. The Bertz CT molecular complexity index is 482. The van der Waals surface area contributed by atoms with Crippen molar-refractivity contribution in [1.29, 1.82) is 0 Å². The number of nitrogens with one attached hydrogen (secondary N) is 1. The summed E-state index contributed by atoms with van der Waals surface area (Å²) in [5, 5.41) is 3.13. The molecule has 0 aliphatic carbocycles. The third-order valence-electron chi connectivity index (χ3n) is 3.32. The van der Waals surface area contributed by atoms with Crippen LogP contribution in [0.5, 0.6) is 0 Å². The fourth-order valence-electron chi connectivity index (χ4n) is 1.96. The van der Waals surface area contributed by atoms with E-state index in [1.807, 2.05) is 32.2 Å². The second kappa shape index (κ2) is 4.30. The van der Waals surface area contributed by atoms with Gasteiger partial charge in [-0.2, -0.15) is 0 Å². The maximum atomic E-state index is 12.0. The quantitative estimate of drug-likeness (QED) is 0.777. The molecule has 4 heteroatoms. The number of likely N-dealkylation sites (N-methyl/N-ethyl adjacent to an activating group) is 1. The predicted octanol–water partition coefficient (Wildman–Crippen LogP) is 1.12. The minimum Gasteiger partial charge on any atom is -0.313 e. The highest BCUT2D eigenvalue weighted by Crippen LogP contribution is 2.23. The molecule has 1 aromatic carbocycles. The number of amides is 2. The molecular formula is C13H16N2O2. The van der Waals surface area contributed by atoms with Crippen LogP contribution in [0.15, 0.2) is 18.2 Å². The van der Waals surface area contributed by atoms with Gasteiger partial charge in [0, 0.05) is 18.7 Å². The Kier molecular flexibility index (Phi) is 2.98. The molecule has 4 nitrogen and oxygen atoms in total. The highest BCUT2D eigenvalue weighted by atomic mass is 16.2. The van der Waals surface area contributed by atoms with Gasteiger partial charge in [-0.25, -0.2) is 0 Å². The second-order valence-corrected chi connectivity index (χ2v) is 4.36. The summed E-state index contributed by atoms with van der Waals surface area (Å²) in [6.07, 6.45) is 0.311. The average Bonchev–Trinajstić information content (AvgIpc) is 2.35. The van der Waals surface area contributed by atoms with Crippen molar-refractivity contribution < 1.29 is 9.59 Å². The highest BCUT2D eigenvalue weighted by molar-refractivity contribution is 6.09. The number of fused-ring (bicyclic) bond motifs is 1. The number of rotatable bonds is 2. The number of hydrogen-bond donors (Lipinski definition) is 1. The maximum absolute atomic E-state index is 12.0. The lowest BCUT2D eigenvalue weighted by Gasteiger charge is -2.24. The zero-order valence-electron chi connectivity index (χ0n) is 10.3. The van der Waals surface area contributed by atoms with Crippen molar-refractivity contribution in [2.45, 2.75) is 19.4 Å². The molecule has 1 aromatic rings. The number of carbonyl (C=O) groups is 2. The number of imide groups is 1. The smallest absolute Gasteiger partial charge is 0.260 e. The molecule has 2 amide bonds. The van der Waals surface area contributed by atoms with Crippen LogP contribution in [0.25, 0.3) is 0 Å². The minimum atomic E-state index is -0.207. The van der Waals surface area contributed by atoms with Gasteiger partial charge in [0.15, 0.2) is 0 Å². The minimum absolute atomic E-state index is 0.142. The Morgan fingerprint density at radius 2 is 2.06 bits per heavy atom. The van der Waals surface area contributed by atoms with E-state index in [9.17, 15) is 9.59 Å². The van der Waals surface area contributed by atoms with E-state index in [2.05, 4.69) is 5.32 Å². The van der Waals surface area contributed by atoms with E-state index in [4.69, 9.17) is 0 Å². The molecule has 0 saturated carbocycles. The molecule has 0 fully saturated rings. The van der Waals surface area contributed by atoms with Crippen LogP contribution in [0, 0.1) is 0 Å². The maximum Gasteiger partial charge on any atom is 0.260 e. The molecule has 1 aliphatic heterocycles. The molecule has 0 bridgehead atoms. The number of hydrogen-bond acceptors (Lipinski definition) is 3. The van der Waals surface area contributed by atoms with E-state index < -0.39 is 0 Å². The van der Waals surface area contributed by atoms with Crippen molar-refractivity contribution in [3.63, 3.8) is 0 Å². The lowest BCUT2D eigenvalue weighted by atomic mass is 9.94. The van der Waals surface area contributed by atoms with Crippen molar-refractivity contribution >= 4 is 11.8 Å². The molecule has 0 aromatic heterocycles.